The van der Waals surface area contributed by atoms with Crippen LogP contribution in [-0.4, -0.2) is 30.7 Å². The van der Waals surface area contributed by atoms with Gasteiger partial charge >= 0.3 is 0 Å². The molecule has 1 aromatic carbocycles. The van der Waals surface area contributed by atoms with Crippen molar-refractivity contribution in [3.63, 3.8) is 0 Å². The van der Waals surface area contributed by atoms with Gasteiger partial charge in [0.1, 0.15) is 11.5 Å². The lowest BCUT2D eigenvalue weighted by molar-refractivity contribution is 0.305. The Bertz CT molecular complexity index is 745. The second-order valence-electron chi connectivity index (χ2n) is 7.86. The zero-order valence-corrected chi connectivity index (χ0v) is 15.8. The minimum atomic E-state index is -0.537. The number of hydrogen-bond acceptors (Lipinski definition) is 6. The Balaban J connectivity index is 1.67. The third-order valence-electron chi connectivity index (χ3n) is 5.99. The molecule has 146 valence electrons. The van der Waals surface area contributed by atoms with Gasteiger partial charge in [0.2, 0.25) is 11.9 Å². The largest absolute Gasteiger partial charge is 0.369 e. The quantitative estimate of drug-likeness (QED) is 0.834. The molecule has 2 fully saturated rings. The highest BCUT2D eigenvalue weighted by molar-refractivity contribution is 6.05. The molecule has 2 aliphatic heterocycles. The van der Waals surface area contributed by atoms with Gasteiger partial charge in [-0.2, -0.15) is 4.99 Å². The van der Waals surface area contributed by atoms with Crippen molar-refractivity contribution in [3.05, 3.63) is 24.0 Å². The van der Waals surface area contributed by atoms with Gasteiger partial charge in [0.15, 0.2) is 0 Å². The van der Waals surface area contributed by atoms with Crippen LogP contribution in [0.2, 0.25) is 0 Å². The molecule has 0 unspecified atom stereocenters. The van der Waals surface area contributed by atoms with E-state index >= 15 is 4.39 Å². The predicted molar refractivity (Wildman–Crippen MR) is 109 cm³/mol. The van der Waals surface area contributed by atoms with Crippen molar-refractivity contribution in [1.82, 2.24) is 0 Å². The molecule has 27 heavy (non-hydrogen) atoms. The molecule has 4 rings (SSSR count). The number of rotatable bonds is 2. The Kier molecular flexibility index (Phi) is 4.93. The van der Waals surface area contributed by atoms with Crippen LogP contribution in [0.15, 0.2) is 28.2 Å². The van der Waals surface area contributed by atoms with E-state index in [4.69, 9.17) is 11.5 Å². The molecule has 1 aromatic rings. The van der Waals surface area contributed by atoms with Crippen LogP contribution < -0.4 is 21.3 Å². The van der Waals surface area contributed by atoms with E-state index in [2.05, 4.69) is 14.9 Å². The summed E-state index contributed by atoms with van der Waals surface area (Å²) in [6.45, 7) is 1.82. The maximum Gasteiger partial charge on any atom is 0.220 e. The molecule has 2 heterocycles. The van der Waals surface area contributed by atoms with E-state index in [-0.39, 0.29) is 11.8 Å². The van der Waals surface area contributed by atoms with Crippen molar-refractivity contribution >= 4 is 23.3 Å². The van der Waals surface area contributed by atoms with Gasteiger partial charge in [0, 0.05) is 18.8 Å². The highest BCUT2D eigenvalue weighted by atomic mass is 19.1. The second-order valence-corrected chi connectivity index (χ2v) is 7.86. The van der Waals surface area contributed by atoms with Gasteiger partial charge in [-0.25, -0.2) is 9.38 Å². The topological polar surface area (TPSA) is 83.2 Å². The number of guanidine groups is 2. The maximum atomic E-state index is 15.1. The van der Waals surface area contributed by atoms with Crippen LogP contribution in [0.25, 0.3) is 0 Å². The number of anilines is 2. The van der Waals surface area contributed by atoms with Crippen molar-refractivity contribution < 1.29 is 4.39 Å². The van der Waals surface area contributed by atoms with Crippen LogP contribution in [-0.2, 0) is 0 Å². The molecule has 0 amide bonds. The summed E-state index contributed by atoms with van der Waals surface area (Å²) in [6, 6.07) is 5.40. The van der Waals surface area contributed by atoms with E-state index in [1.165, 1.54) is 19.3 Å². The summed E-state index contributed by atoms with van der Waals surface area (Å²) >= 11 is 0. The van der Waals surface area contributed by atoms with E-state index in [1.54, 1.807) is 6.07 Å². The van der Waals surface area contributed by atoms with E-state index < -0.39 is 5.66 Å². The molecule has 0 bridgehead atoms. The van der Waals surface area contributed by atoms with Gasteiger partial charge in [-0.15, -0.1) is 0 Å². The molecule has 4 N–H and O–H groups in total. The Morgan fingerprint density at radius 1 is 0.926 bits per heavy atom. The Morgan fingerprint density at radius 3 is 2.26 bits per heavy atom. The molecule has 0 atom stereocenters. The smallest absolute Gasteiger partial charge is 0.220 e. The first-order chi connectivity index (χ1) is 13.1. The number of hydrogen-bond donors (Lipinski definition) is 2. The lowest BCUT2D eigenvalue weighted by atomic mass is 9.87. The fraction of sp³-hybridized carbons (Fsp3) is 0.600. The molecule has 3 aliphatic rings. The highest BCUT2D eigenvalue weighted by Gasteiger charge is 2.42. The zero-order valence-electron chi connectivity index (χ0n) is 15.8. The molecular weight excluding hydrogens is 343 g/mol. The van der Waals surface area contributed by atoms with Crippen molar-refractivity contribution in [1.29, 1.82) is 0 Å². The number of aliphatic imine (C=N–C) groups is 2. The SMILES string of the molecule is NC1=NC2(CCCCC2)N(c2ccc(N3CCCCCC3)c(F)c2)C(N)=N1. The average Bonchev–Trinajstić information content (AvgIpc) is 2.91. The summed E-state index contributed by atoms with van der Waals surface area (Å²) in [7, 11) is 0. The fourth-order valence-corrected chi connectivity index (χ4v) is 4.70. The van der Waals surface area contributed by atoms with Gasteiger partial charge < -0.3 is 16.4 Å². The van der Waals surface area contributed by atoms with Crippen LogP contribution >= 0.6 is 0 Å². The summed E-state index contributed by atoms with van der Waals surface area (Å²) in [6.07, 6.45) is 9.64. The van der Waals surface area contributed by atoms with Gasteiger partial charge in [-0.3, -0.25) is 4.90 Å². The molecule has 7 heteroatoms. The summed E-state index contributed by atoms with van der Waals surface area (Å²) in [4.78, 5) is 12.9. The summed E-state index contributed by atoms with van der Waals surface area (Å²) < 4.78 is 15.1. The first-order valence-corrected chi connectivity index (χ1v) is 10.1. The van der Waals surface area contributed by atoms with Gasteiger partial charge in [-0.05, 0) is 56.7 Å². The third kappa shape index (κ3) is 3.47. The fourth-order valence-electron chi connectivity index (χ4n) is 4.70. The molecule has 1 aliphatic carbocycles. The monoisotopic (exact) mass is 372 g/mol. The third-order valence-corrected chi connectivity index (χ3v) is 5.99. The lowest BCUT2D eigenvalue weighted by Gasteiger charge is -2.45. The number of halogens is 1. The van der Waals surface area contributed by atoms with E-state index in [0.29, 0.717) is 17.3 Å². The van der Waals surface area contributed by atoms with E-state index in [9.17, 15) is 0 Å². The number of nitrogens with zero attached hydrogens (tertiary/aromatic N) is 4. The second kappa shape index (κ2) is 7.37. The molecule has 0 aromatic heterocycles. The first kappa shape index (κ1) is 18.1. The highest BCUT2D eigenvalue weighted by Crippen LogP contribution is 2.40. The van der Waals surface area contributed by atoms with Crippen LogP contribution in [0.3, 0.4) is 0 Å². The van der Waals surface area contributed by atoms with Crippen molar-refractivity contribution in [2.75, 3.05) is 22.9 Å². The number of benzene rings is 1. The molecule has 6 nitrogen and oxygen atoms in total. The molecule has 1 saturated carbocycles. The molecule has 1 saturated heterocycles. The van der Waals surface area contributed by atoms with Crippen molar-refractivity contribution in [2.45, 2.75) is 63.5 Å². The first-order valence-electron chi connectivity index (χ1n) is 10.1. The van der Waals surface area contributed by atoms with Crippen LogP contribution in [0, 0.1) is 5.82 Å². The number of nitrogens with two attached hydrogens (primary N) is 2. The molecule has 0 radical (unpaired) electrons. The molecular formula is C20H29FN6. The zero-order chi connectivity index (χ0) is 18.9. The van der Waals surface area contributed by atoms with Crippen molar-refractivity contribution in [3.8, 4) is 0 Å². The Hall–Kier alpha value is -2.31. The predicted octanol–water partition coefficient (Wildman–Crippen LogP) is 3.32. The minimum Gasteiger partial charge on any atom is -0.369 e. The summed E-state index contributed by atoms with van der Waals surface area (Å²) in [5, 5.41) is 0. The van der Waals surface area contributed by atoms with Crippen LogP contribution in [0.5, 0.6) is 0 Å². The normalized spacial score (nSPS) is 23.0. The average molecular weight is 372 g/mol. The van der Waals surface area contributed by atoms with Gasteiger partial charge in [0.25, 0.3) is 0 Å². The van der Waals surface area contributed by atoms with Crippen LogP contribution in [0.4, 0.5) is 15.8 Å². The van der Waals surface area contributed by atoms with E-state index in [1.807, 2.05) is 17.0 Å². The standard InChI is InChI=1S/C20H29FN6/c21-16-14-15(8-9-17(16)26-12-6-1-2-7-13-26)27-19(23)24-18(22)25-20(27)10-4-3-5-11-20/h8-9,14H,1-7,10-13H2,(H4,22,23,24,25). The Morgan fingerprint density at radius 2 is 1.59 bits per heavy atom. The van der Waals surface area contributed by atoms with Crippen LogP contribution in [0.1, 0.15) is 57.8 Å². The van der Waals surface area contributed by atoms with Gasteiger partial charge in [-0.1, -0.05) is 19.3 Å². The van der Waals surface area contributed by atoms with Crippen molar-refractivity contribution in [2.24, 2.45) is 21.5 Å². The lowest BCUT2D eigenvalue weighted by Crippen LogP contribution is -2.58. The Labute approximate surface area is 160 Å². The maximum absolute atomic E-state index is 15.1. The molecule has 1 spiro atoms. The summed E-state index contributed by atoms with van der Waals surface area (Å²) in [5.74, 6) is 0.300. The van der Waals surface area contributed by atoms with Gasteiger partial charge in [0.05, 0.1) is 5.69 Å². The minimum absolute atomic E-state index is 0.212. The van der Waals surface area contributed by atoms with E-state index in [0.717, 1.165) is 51.6 Å². The summed E-state index contributed by atoms with van der Waals surface area (Å²) in [5.41, 5.74) is 13.0.